The van der Waals surface area contributed by atoms with E-state index in [2.05, 4.69) is 10.3 Å². The number of sulfonamides is 1. The average Bonchev–Trinajstić information content (AvgIpc) is 2.86. The fourth-order valence-electron chi connectivity index (χ4n) is 1.76. The SMILES string of the molecule is CCN(CCCNC(=O)c1csc(CCN)n1)S(C)(=O)=O.Cl. The van der Waals surface area contributed by atoms with Gasteiger partial charge in [0, 0.05) is 31.4 Å². The number of nitrogens with zero attached hydrogens (tertiary/aromatic N) is 2. The Morgan fingerprint density at radius 1 is 1.50 bits per heavy atom. The summed E-state index contributed by atoms with van der Waals surface area (Å²) in [4.78, 5) is 16.0. The van der Waals surface area contributed by atoms with Gasteiger partial charge in [0.05, 0.1) is 11.3 Å². The van der Waals surface area contributed by atoms with Crippen LogP contribution in [0.3, 0.4) is 0 Å². The second-order valence-electron chi connectivity index (χ2n) is 4.53. The molecule has 0 fully saturated rings. The van der Waals surface area contributed by atoms with Crippen LogP contribution >= 0.6 is 23.7 Å². The molecule has 0 aliphatic carbocycles. The first kappa shape index (κ1) is 21.3. The molecule has 1 rings (SSSR count). The van der Waals surface area contributed by atoms with Crippen LogP contribution in [0.15, 0.2) is 5.38 Å². The number of nitrogens with two attached hydrogens (primary N) is 1. The van der Waals surface area contributed by atoms with Crippen molar-refractivity contribution < 1.29 is 13.2 Å². The van der Waals surface area contributed by atoms with E-state index in [4.69, 9.17) is 5.73 Å². The predicted octanol–water partition coefficient (Wildman–Crippen LogP) is 0.468. The molecule has 1 aromatic rings. The maximum atomic E-state index is 11.8. The Morgan fingerprint density at radius 2 is 2.18 bits per heavy atom. The molecule has 10 heteroatoms. The number of rotatable bonds is 9. The third-order valence-electron chi connectivity index (χ3n) is 2.83. The Morgan fingerprint density at radius 3 is 2.73 bits per heavy atom. The van der Waals surface area contributed by atoms with Gasteiger partial charge in [-0.3, -0.25) is 4.79 Å². The lowest BCUT2D eigenvalue weighted by Gasteiger charge is -2.17. The van der Waals surface area contributed by atoms with E-state index < -0.39 is 10.0 Å². The van der Waals surface area contributed by atoms with Crippen LogP contribution in [0.25, 0.3) is 0 Å². The van der Waals surface area contributed by atoms with Crippen molar-refractivity contribution in [1.82, 2.24) is 14.6 Å². The summed E-state index contributed by atoms with van der Waals surface area (Å²) in [6.45, 7) is 3.53. The van der Waals surface area contributed by atoms with E-state index in [1.807, 2.05) is 0 Å². The lowest BCUT2D eigenvalue weighted by atomic mass is 10.4. The number of hydrogen-bond donors (Lipinski definition) is 2. The molecule has 1 heterocycles. The van der Waals surface area contributed by atoms with Crippen LogP contribution < -0.4 is 11.1 Å². The number of nitrogens with one attached hydrogen (secondary N) is 1. The minimum atomic E-state index is -3.17. The van der Waals surface area contributed by atoms with Crippen molar-refractivity contribution in [3.63, 3.8) is 0 Å². The van der Waals surface area contributed by atoms with Gasteiger partial charge >= 0.3 is 0 Å². The second-order valence-corrected chi connectivity index (χ2v) is 7.45. The standard InChI is InChI=1S/C12H22N4O3S2.ClH/c1-3-16(21(2,18)19)8-4-7-14-12(17)10-9-20-11(15-10)5-6-13;/h9H,3-8,13H2,1-2H3,(H,14,17);1H. The van der Waals surface area contributed by atoms with Gasteiger partial charge in [-0.1, -0.05) is 6.92 Å². The van der Waals surface area contributed by atoms with Crippen LogP contribution in [0.2, 0.25) is 0 Å². The minimum Gasteiger partial charge on any atom is -0.351 e. The summed E-state index contributed by atoms with van der Waals surface area (Å²) < 4.78 is 24.2. The Bertz CT molecular complexity index is 562. The lowest BCUT2D eigenvalue weighted by Crippen LogP contribution is -2.33. The largest absolute Gasteiger partial charge is 0.351 e. The summed E-state index contributed by atoms with van der Waals surface area (Å²) in [5.74, 6) is -0.239. The zero-order chi connectivity index (χ0) is 15.9. The normalized spacial score (nSPS) is 11.3. The predicted molar refractivity (Wildman–Crippen MR) is 91.2 cm³/mol. The van der Waals surface area contributed by atoms with Crippen molar-refractivity contribution in [2.24, 2.45) is 5.73 Å². The van der Waals surface area contributed by atoms with Crippen LogP contribution in [0.1, 0.15) is 28.8 Å². The van der Waals surface area contributed by atoms with Gasteiger partial charge in [-0.25, -0.2) is 17.7 Å². The molecule has 128 valence electrons. The molecule has 3 N–H and O–H groups in total. The molecule has 0 bridgehead atoms. The van der Waals surface area contributed by atoms with Crippen molar-refractivity contribution in [3.05, 3.63) is 16.1 Å². The van der Waals surface area contributed by atoms with E-state index in [0.717, 1.165) is 5.01 Å². The molecule has 0 radical (unpaired) electrons. The highest BCUT2D eigenvalue weighted by molar-refractivity contribution is 7.88. The molecule has 0 atom stereocenters. The fraction of sp³-hybridized carbons (Fsp3) is 0.667. The summed E-state index contributed by atoms with van der Waals surface area (Å²) in [7, 11) is -3.17. The molecule has 0 aliphatic rings. The summed E-state index contributed by atoms with van der Waals surface area (Å²) in [6, 6.07) is 0. The van der Waals surface area contributed by atoms with Crippen molar-refractivity contribution in [1.29, 1.82) is 0 Å². The van der Waals surface area contributed by atoms with E-state index in [9.17, 15) is 13.2 Å². The maximum Gasteiger partial charge on any atom is 0.270 e. The summed E-state index contributed by atoms with van der Waals surface area (Å²) in [5.41, 5.74) is 5.82. The molecule has 0 unspecified atom stereocenters. The fourth-order valence-corrected chi connectivity index (χ4v) is 3.48. The molecule has 0 saturated carbocycles. The Kier molecular flexibility index (Phi) is 9.77. The first-order valence-electron chi connectivity index (χ1n) is 6.76. The Balaban J connectivity index is 0.00000441. The van der Waals surface area contributed by atoms with Crippen molar-refractivity contribution in [2.45, 2.75) is 19.8 Å². The quantitative estimate of drug-likeness (QED) is 0.614. The Labute approximate surface area is 141 Å². The number of aromatic nitrogens is 1. The third-order valence-corrected chi connectivity index (χ3v) is 5.12. The number of halogens is 1. The van der Waals surface area contributed by atoms with Crippen molar-refractivity contribution >= 4 is 39.7 Å². The summed E-state index contributed by atoms with van der Waals surface area (Å²) >= 11 is 1.41. The second kappa shape index (κ2) is 10.1. The summed E-state index contributed by atoms with van der Waals surface area (Å²) in [5, 5.41) is 5.29. The molecule has 22 heavy (non-hydrogen) atoms. The number of amides is 1. The van der Waals surface area contributed by atoms with Crippen LogP contribution in [0, 0.1) is 0 Å². The van der Waals surface area contributed by atoms with Crippen LogP contribution in [0.4, 0.5) is 0 Å². The molecule has 1 amide bonds. The molecule has 1 aromatic heterocycles. The van der Waals surface area contributed by atoms with E-state index in [0.29, 0.717) is 44.7 Å². The minimum absolute atomic E-state index is 0. The maximum absolute atomic E-state index is 11.8. The zero-order valence-electron chi connectivity index (χ0n) is 12.7. The summed E-state index contributed by atoms with van der Waals surface area (Å²) in [6.07, 6.45) is 2.41. The van der Waals surface area contributed by atoms with Gasteiger partial charge in [0.2, 0.25) is 10.0 Å². The van der Waals surface area contributed by atoms with Gasteiger partial charge in [0.25, 0.3) is 5.91 Å². The molecule has 7 nitrogen and oxygen atoms in total. The van der Waals surface area contributed by atoms with E-state index in [1.165, 1.54) is 21.9 Å². The third kappa shape index (κ3) is 7.01. The van der Waals surface area contributed by atoms with Gasteiger partial charge in [-0.15, -0.1) is 23.7 Å². The number of carbonyl (C=O) groups is 1. The first-order valence-corrected chi connectivity index (χ1v) is 9.49. The van der Waals surface area contributed by atoms with E-state index in [-0.39, 0.29) is 18.3 Å². The van der Waals surface area contributed by atoms with Gasteiger partial charge in [-0.05, 0) is 13.0 Å². The first-order chi connectivity index (χ1) is 9.88. The van der Waals surface area contributed by atoms with Crippen LogP contribution in [-0.4, -0.2) is 56.0 Å². The van der Waals surface area contributed by atoms with Gasteiger partial charge in [0.1, 0.15) is 5.69 Å². The van der Waals surface area contributed by atoms with Crippen molar-refractivity contribution in [3.8, 4) is 0 Å². The van der Waals surface area contributed by atoms with Gasteiger partial charge in [-0.2, -0.15) is 0 Å². The zero-order valence-corrected chi connectivity index (χ0v) is 15.2. The lowest BCUT2D eigenvalue weighted by molar-refractivity contribution is 0.0948. The molecule has 0 aliphatic heterocycles. The van der Waals surface area contributed by atoms with E-state index in [1.54, 1.807) is 12.3 Å². The highest BCUT2D eigenvalue weighted by Gasteiger charge is 2.14. The molecule has 0 spiro atoms. The van der Waals surface area contributed by atoms with Gasteiger partial charge < -0.3 is 11.1 Å². The monoisotopic (exact) mass is 370 g/mol. The molecule has 0 saturated heterocycles. The average molecular weight is 371 g/mol. The smallest absolute Gasteiger partial charge is 0.270 e. The number of hydrogen-bond acceptors (Lipinski definition) is 6. The highest BCUT2D eigenvalue weighted by Crippen LogP contribution is 2.09. The van der Waals surface area contributed by atoms with Gasteiger partial charge in [0.15, 0.2) is 0 Å². The number of carbonyl (C=O) groups excluding carboxylic acids is 1. The van der Waals surface area contributed by atoms with Crippen LogP contribution in [-0.2, 0) is 16.4 Å². The molecular formula is C12H23ClN4O3S2. The Hall–Kier alpha value is -0.740. The van der Waals surface area contributed by atoms with Crippen LogP contribution in [0.5, 0.6) is 0 Å². The highest BCUT2D eigenvalue weighted by atomic mass is 35.5. The van der Waals surface area contributed by atoms with E-state index >= 15 is 0 Å². The molecule has 0 aromatic carbocycles. The topological polar surface area (TPSA) is 105 Å². The number of thiazole rings is 1. The molecular weight excluding hydrogens is 348 g/mol. The van der Waals surface area contributed by atoms with Crippen molar-refractivity contribution in [2.75, 3.05) is 32.4 Å².